The summed E-state index contributed by atoms with van der Waals surface area (Å²) in [5, 5.41) is 21.1. The van der Waals surface area contributed by atoms with Gasteiger partial charge < -0.3 is 4.52 Å². The quantitative estimate of drug-likeness (QED) is 0.299. The van der Waals surface area contributed by atoms with E-state index in [2.05, 4.69) is 25.4 Å². The number of carbonyl (C=O) groups is 2. The van der Waals surface area contributed by atoms with Crippen molar-refractivity contribution in [2.45, 2.75) is 13.5 Å². The molecule has 36 heavy (non-hydrogen) atoms. The largest absolute Gasteiger partial charge is 0.334 e. The highest BCUT2D eigenvalue weighted by Crippen LogP contribution is 2.29. The van der Waals surface area contributed by atoms with Gasteiger partial charge in [-0.2, -0.15) is 10.2 Å². The van der Waals surface area contributed by atoms with Crippen LogP contribution in [0.25, 0.3) is 23.0 Å². The van der Waals surface area contributed by atoms with Crippen molar-refractivity contribution in [2.24, 2.45) is 10.9 Å². The standard InChI is InChI=1S/C25H17N7O4/c1-15-18(12-26)24(33)32(14-16-8-4-2-5-9-16)25(34)19(15)13-27-21-20(29-36-31-21)22-28-23(35-30-22)17-10-6-3-7-11-17/h2-11,13,19H,14H2,1H3. The van der Waals surface area contributed by atoms with Crippen molar-refractivity contribution in [3.05, 3.63) is 77.4 Å². The lowest BCUT2D eigenvalue weighted by Crippen LogP contribution is -2.46. The summed E-state index contributed by atoms with van der Waals surface area (Å²) < 4.78 is 10.1. The first kappa shape index (κ1) is 22.5. The molecule has 0 N–H and O–H groups in total. The van der Waals surface area contributed by atoms with Crippen molar-refractivity contribution in [1.82, 2.24) is 25.4 Å². The molecule has 0 radical (unpaired) electrons. The molecule has 0 saturated carbocycles. The summed E-state index contributed by atoms with van der Waals surface area (Å²) in [7, 11) is 0. The van der Waals surface area contributed by atoms with Gasteiger partial charge in [0.25, 0.3) is 11.8 Å². The second kappa shape index (κ2) is 9.55. The third kappa shape index (κ3) is 4.19. The predicted octanol–water partition coefficient (Wildman–Crippen LogP) is 3.51. The number of aromatic nitrogens is 4. The average Bonchev–Trinajstić information content (AvgIpc) is 3.58. The molecular weight excluding hydrogens is 462 g/mol. The van der Waals surface area contributed by atoms with Crippen LogP contribution < -0.4 is 0 Å². The molecule has 1 aliphatic rings. The van der Waals surface area contributed by atoms with Gasteiger partial charge in [-0.15, -0.1) is 0 Å². The van der Waals surface area contributed by atoms with Crippen LogP contribution in [0.4, 0.5) is 5.82 Å². The normalized spacial score (nSPS) is 16.1. The minimum atomic E-state index is -0.962. The Kier molecular flexibility index (Phi) is 5.98. The van der Waals surface area contributed by atoms with Crippen molar-refractivity contribution in [1.29, 1.82) is 5.26 Å². The van der Waals surface area contributed by atoms with Crippen molar-refractivity contribution in [3.8, 4) is 29.0 Å². The van der Waals surface area contributed by atoms with E-state index >= 15 is 0 Å². The number of nitriles is 1. The summed E-state index contributed by atoms with van der Waals surface area (Å²) in [6, 6.07) is 20.1. The number of hydrogen-bond acceptors (Lipinski definition) is 10. The second-order valence-electron chi connectivity index (χ2n) is 7.87. The van der Waals surface area contributed by atoms with E-state index in [1.807, 2.05) is 42.5 Å². The Morgan fingerprint density at radius 3 is 2.50 bits per heavy atom. The number of aliphatic imine (C=N–C) groups is 1. The zero-order chi connectivity index (χ0) is 25.1. The molecule has 3 heterocycles. The van der Waals surface area contributed by atoms with E-state index in [-0.39, 0.29) is 35.3 Å². The molecule has 2 amide bonds. The Balaban J connectivity index is 1.44. The van der Waals surface area contributed by atoms with Crippen LogP contribution in [0.1, 0.15) is 12.5 Å². The molecule has 0 spiro atoms. The molecule has 0 fully saturated rings. The maximum absolute atomic E-state index is 13.3. The first-order chi connectivity index (χ1) is 17.6. The SMILES string of the molecule is CC1=C(C#N)C(=O)N(Cc2ccccc2)C(=O)C1C=Nc1nonc1-c1noc(-c2ccccc2)n1. The van der Waals surface area contributed by atoms with E-state index in [1.165, 1.54) is 6.21 Å². The summed E-state index contributed by atoms with van der Waals surface area (Å²) in [5.74, 6) is -1.72. The Morgan fingerprint density at radius 1 is 1.06 bits per heavy atom. The number of benzene rings is 2. The summed E-state index contributed by atoms with van der Waals surface area (Å²) in [6.45, 7) is 1.58. The fraction of sp³-hybridized carbons (Fsp3) is 0.120. The first-order valence-electron chi connectivity index (χ1n) is 10.8. The Bertz CT molecular complexity index is 1530. The highest BCUT2D eigenvalue weighted by Gasteiger charge is 2.38. The topological polar surface area (TPSA) is 151 Å². The van der Waals surface area contributed by atoms with Crippen LogP contribution in [0.2, 0.25) is 0 Å². The number of imide groups is 1. The molecule has 5 rings (SSSR count). The van der Waals surface area contributed by atoms with Gasteiger partial charge >= 0.3 is 0 Å². The zero-order valence-electron chi connectivity index (χ0n) is 18.9. The fourth-order valence-corrected chi connectivity index (χ4v) is 3.71. The van der Waals surface area contributed by atoms with E-state index in [0.29, 0.717) is 5.57 Å². The van der Waals surface area contributed by atoms with Crippen LogP contribution in [0.3, 0.4) is 0 Å². The third-order valence-electron chi connectivity index (χ3n) is 5.62. The van der Waals surface area contributed by atoms with Crippen LogP contribution >= 0.6 is 0 Å². The van der Waals surface area contributed by atoms with E-state index in [0.717, 1.165) is 16.0 Å². The van der Waals surface area contributed by atoms with Crippen LogP contribution in [-0.4, -0.2) is 43.4 Å². The Hall–Kier alpha value is -5.24. The third-order valence-corrected chi connectivity index (χ3v) is 5.62. The Labute approximate surface area is 204 Å². The number of nitrogens with zero attached hydrogens (tertiary/aromatic N) is 7. The molecule has 4 aromatic rings. The average molecular weight is 479 g/mol. The number of amides is 2. The molecule has 2 aromatic carbocycles. The summed E-state index contributed by atoms with van der Waals surface area (Å²) in [5.41, 5.74) is 1.77. The van der Waals surface area contributed by atoms with Gasteiger partial charge in [-0.05, 0) is 40.5 Å². The van der Waals surface area contributed by atoms with Gasteiger partial charge in [0.05, 0.1) is 12.5 Å². The van der Waals surface area contributed by atoms with Crippen molar-refractivity contribution in [3.63, 3.8) is 0 Å². The molecule has 2 aromatic heterocycles. The number of hydrogen-bond donors (Lipinski definition) is 0. The second-order valence-corrected chi connectivity index (χ2v) is 7.87. The van der Waals surface area contributed by atoms with Gasteiger partial charge in [0, 0.05) is 11.8 Å². The number of rotatable bonds is 6. The lowest BCUT2D eigenvalue weighted by molar-refractivity contribution is -0.145. The van der Waals surface area contributed by atoms with Gasteiger partial charge in [0.15, 0.2) is 0 Å². The maximum atomic E-state index is 13.3. The fourth-order valence-electron chi connectivity index (χ4n) is 3.71. The summed E-state index contributed by atoms with van der Waals surface area (Å²) in [4.78, 5) is 35.7. The lowest BCUT2D eigenvalue weighted by Gasteiger charge is -2.29. The summed E-state index contributed by atoms with van der Waals surface area (Å²) >= 11 is 0. The molecule has 1 unspecified atom stereocenters. The monoisotopic (exact) mass is 479 g/mol. The highest BCUT2D eigenvalue weighted by molar-refractivity contribution is 6.15. The first-order valence-corrected chi connectivity index (χ1v) is 10.8. The minimum Gasteiger partial charge on any atom is -0.334 e. The molecule has 1 atom stereocenters. The van der Waals surface area contributed by atoms with Gasteiger partial charge in [0.2, 0.25) is 23.2 Å². The van der Waals surface area contributed by atoms with Crippen LogP contribution in [0.5, 0.6) is 0 Å². The predicted molar refractivity (Wildman–Crippen MR) is 125 cm³/mol. The van der Waals surface area contributed by atoms with Gasteiger partial charge in [-0.25, -0.2) is 9.62 Å². The molecule has 0 saturated heterocycles. The van der Waals surface area contributed by atoms with Crippen molar-refractivity contribution < 1.29 is 18.7 Å². The molecule has 0 bridgehead atoms. The molecule has 176 valence electrons. The van der Waals surface area contributed by atoms with Gasteiger partial charge in [-0.1, -0.05) is 53.7 Å². The molecule has 11 nitrogen and oxygen atoms in total. The molecule has 11 heteroatoms. The smallest absolute Gasteiger partial charge is 0.271 e. The Morgan fingerprint density at radius 2 is 1.78 bits per heavy atom. The zero-order valence-corrected chi connectivity index (χ0v) is 18.9. The van der Waals surface area contributed by atoms with Crippen LogP contribution in [0, 0.1) is 17.2 Å². The summed E-state index contributed by atoms with van der Waals surface area (Å²) in [6.07, 6.45) is 1.31. The lowest BCUT2D eigenvalue weighted by atomic mass is 9.90. The van der Waals surface area contributed by atoms with Crippen molar-refractivity contribution >= 4 is 23.8 Å². The van der Waals surface area contributed by atoms with Gasteiger partial charge in [-0.3, -0.25) is 14.5 Å². The van der Waals surface area contributed by atoms with Crippen molar-refractivity contribution in [2.75, 3.05) is 0 Å². The van der Waals surface area contributed by atoms with E-state index in [9.17, 15) is 14.9 Å². The number of carbonyl (C=O) groups excluding carboxylic acids is 2. The maximum Gasteiger partial charge on any atom is 0.271 e. The van der Waals surface area contributed by atoms with E-state index < -0.39 is 17.7 Å². The molecular formula is C25H17N7O4. The van der Waals surface area contributed by atoms with Crippen LogP contribution in [0.15, 0.2) is 86.0 Å². The van der Waals surface area contributed by atoms with Gasteiger partial charge in [0.1, 0.15) is 11.6 Å². The minimum absolute atomic E-state index is 0.0148. The molecule has 1 aliphatic heterocycles. The van der Waals surface area contributed by atoms with Crippen LogP contribution in [-0.2, 0) is 16.1 Å². The molecule has 0 aliphatic carbocycles. The van der Waals surface area contributed by atoms with E-state index in [1.54, 1.807) is 31.2 Å². The highest BCUT2D eigenvalue weighted by atomic mass is 16.6. The van der Waals surface area contributed by atoms with E-state index in [4.69, 9.17) is 9.15 Å².